The first kappa shape index (κ1) is 13.8. The molecule has 2 atom stereocenters. The maximum atomic E-state index is 12.7. The van der Waals surface area contributed by atoms with E-state index < -0.39 is 12.0 Å². The highest BCUT2D eigenvalue weighted by atomic mass is 16.4. The lowest BCUT2D eigenvalue weighted by atomic mass is 9.81. The smallest absolute Gasteiger partial charge is 0.326 e. The van der Waals surface area contributed by atoms with Crippen molar-refractivity contribution >= 4 is 17.7 Å². The summed E-state index contributed by atoms with van der Waals surface area (Å²) in [5, 5.41) is 9.22. The number of Topliss-reactive ketones (excluding diaryl/α,β-unsaturated/α-hetero) is 1. The van der Waals surface area contributed by atoms with Crippen LogP contribution in [0.3, 0.4) is 0 Å². The maximum absolute atomic E-state index is 12.7. The van der Waals surface area contributed by atoms with Crippen LogP contribution in [0.25, 0.3) is 0 Å². The molecule has 0 bridgehead atoms. The molecule has 1 amide bonds. The van der Waals surface area contributed by atoms with Crippen LogP contribution in [0.4, 0.5) is 0 Å². The quantitative estimate of drug-likeness (QED) is 0.900. The summed E-state index contributed by atoms with van der Waals surface area (Å²) in [5.41, 5.74) is 1.35. The molecule has 1 N–H and O–H groups in total. The standard InChI is InChI=1S/C16H17NO4/c18-14-8-7-12(10-4-1-2-5-11(10)14)15(19)17-9-3-6-13(17)16(20)21/h1-2,4-5,12-13H,3,6-9H2,(H,20,21)/t12?,13-/m1/s1. The van der Waals surface area contributed by atoms with Crippen LogP contribution in [0.1, 0.15) is 47.5 Å². The first-order valence-electron chi connectivity index (χ1n) is 7.25. The van der Waals surface area contributed by atoms with Crippen molar-refractivity contribution in [2.45, 2.75) is 37.6 Å². The van der Waals surface area contributed by atoms with Gasteiger partial charge in [0, 0.05) is 18.5 Å². The molecule has 1 aromatic rings. The molecule has 3 rings (SSSR count). The Morgan fingerprint density at radius 3 is 2.71 bits per heavy atom. The Kier molecular flexibility index (Phi) is 3.49. The SMILES string of the molecule is O=C1CCC(C(=O)N2CCC[C@@H]2C(=O)O)c2ccccc21. The van der Waals surface area contributed by atoms with Crippen molar-refractivity contribution < 1.29 is 19.5 Å². The van der Waals surface area contributed by atoms with Crippen LogP contribution in [0.5, 0.6) is 0 Å². The van der Waals surface area contributed by atoms with Gasteiger partial charge in [-0.05, 0) is 24.8 Å². The fourth-order valence-electron chi connectivity index (χ4n) is 3.36. The van der Waals surface area contributed by atoms with Crippen molar-refractivity contribution in [1.82, 2.24) is 4.90 Å². The molecule has 1 fully saturated rings. The minimum Gasteiger partial charge on any atom is -0.480 e. The lowest BCUT2D eigenvalue weighted by Gasteiger charge is -2.30. The Morgan fingerprint density at radius 2 is 1.95 bits per heavy atom. The molecule has 21 heavy (non-hydrogen) atoms. The van der Waals surface area contributed by atoms with E-state index >= 15 is 0 Å². The lowest BCUT2D eigenvalue weighted by molar-refractivity contribution is -0.148. The Hall–Kier alpha value is -2.17. The molecule has 0 radical (unpaired) electrons. The van der Waals surface area contributed by atoms with Crippen molar-refractivity contribution in [1.29, 1.82) is 0 Å². The predicted octanol–water partition coefficient (Wildman–Crippen LogP) is 1.82. The van der Waals surface area contributed by atoms with E-state index in [1.165, 1.54) is 4.90 Å². The number of ketones is 1. The van der Waals surface area contributed by atoms with Crippen LogP contribution in [-0.2, 0) is 9.59 Å². The maximum Gasteiger partial charge on any atom is 0.326 e. The molecule has 0 saturated carbocycles. The number of carboxylic acid groups (broad SMARTS) is 1. The summed E-state index contributed by atoms with van der Waals surface area (Å²) in [6.45, 7) is 0.489. The number of nitrogens with zero attached hydrogens (tertiary/aromatic N) is 1. The number of hydrogen-bond acceptors (Lipinski definition) is 3. The number of fused-ring (bicyclic) bond motifs is 1. The number of carbonyl (C=O) groups is 3. The van der Waals surface area contributed by atoms with Crippen LogP contribution in [-0.4, -0.2) is 40.3 Å². The third-order valence-electron chi connectivity index (χ3n) is 4.42. The van der Waals surface area contributed by atoms with Gasteiger partial charge in [0.05, 0.1) is 5.92 Å². The summed E-state index contributed by atoms with van der Waals surface area (Å²) in [6.07, 6.45) is 2.04. The molecule has 1 heterocycles. The number of likely N-dealkylation sites (tertiary alicyclic amines) is 1. The Bertz CT molecular complexity index is 610. The molecular weight excluding hydrogens is 270 g/mol. The van der Waals surface area contributed by atoms with Gasteiger partial charge in [-0.1, -0.05) is 24.3 Å². The molecule has 0 aromatic heterocycles. The van der Waals surface area contributed by atoms with E-state index in [0.717, 1.165) is 12.0 Å². The van der Waals surface area contributed by atoms with Gasteiger partial charge in [0.2, 0.25) is 5.91 Å². The van der Waals surface area contributed by atoms with E-state index in [0.29, 0.717) is 31.4 Å². The number of benzene rings is 1. The average Bonchev–Trinajstić information content (AvgIpc) is 2.97. The number of aliphatic carboxylic acids is 1. The second-order valence-electron chi connectivity index (χ2n) is 5.63. The van der Waals surface area contributed by atoms with E-state index in [1.807, 2.05) is 6.07 Å². The Balaban J connectivity index is 1.91. The molecule has 0 spiro atoms. The van der Waals surface area contributed by atoms with Gasteiger partial charge >= 0.3 is 5.97 Å². The highest BCUT2D eigenvalue weighted by Crippen LogP contribution is 2.34. The van der Waals surface area contributed by atoms with Gasteiger partial charge in [0.1, 0.15) is 6.04 Å². The highest BCUT2D eigenvalue weighted by Gasteiger charge is 2.39. The largest absolute Gasteiger partial charge is 0.480 e. The zero-order chi connectivity index (χ0) is 15.0. The van der Waals surface area contributed by atoms with Crippen molar-refractivity contribution in [3.8, 4) is 0 Å². The Morgan fingerprint density at radius 1 is 1.19 bits per heavy atom. The normalized spacial score (nSPS) is 24.8. The summed E-state index contributed by atoms with van der Waals surface area (Å²) in [4.78, 5) is 37.4. The van der Waals surface area contributed by atoms with Gasteiger partial charge in [0.25, 0.3) is 0 Å². The fraction of sp³-hybridized carbons (Fsp3) is 0.438. The second kappa shape index (κ2) is 5.31. The van der Waals surface area contributed by atoms with E-state index in [9.17, 15) is 19.5 Å². The van der Waals surface area contributed by atoms with Crippen LogP contribution in [0, 0.1) is 0 Å². The van der Waals surface area contributed by atoms with Crippen LogP contribution >= 0.6 is 0 Å². The van der Waals surface area contributed by atoms with E-state index in [-0.39, 0.29) is 17.6 Å². The predicted molar refractivity (Wildman–Crippen MR) is 75.1 cm³/mol. The van der Waals surface area contributed by atoms with Gasteiger partial charge in [-0.15, -0.1) is 0 Å². The molecule has 1 aromatic carbocycles. The molecule has 5 heteroatoms. The molecule has 5 nitrogen and oxygen atoms in total. The summed E-state index contributed by atoms with van der Waals surface area (Å²) in [5.74, 6) is -1.43. The molecule has 2 aliphatic rings. The van der Waals surface area contributed by atoms with Crippen LogP contribution < -0.4 is 0 Å². The molecule has 1 aliphatic carbocycles. The van der Waals surface area contributed by atoms with Gasteiger partial charge in [-0.2, -0.15) is 0 Å². The highest BCUT2D eigenvalue weighted by molar-refractivity contribution is 6.02. The number of carboxylic acids is 1. The van der Waals surface area contributed by atoms with Gasteiger partial charge in [0.15, 0.2) is 5.78 Å². The summed E-state index contributed by atoms with van der Waals surface area (Å²) >= 11 is 0. The topological polar surface area (TPSA) is 74.7 Å². The number of hydrogen-bond donors (Lipinski definition) is 1. The third-order valence-corrected chi connectivity index (χ3v) is 4.42. The summed E-state index contributed by atoms with van der Waals surface area (Å²) in [6, 6.07) is 6.44. The number of amides is 1. The monoisotopic (exact) mass is 287 g/mol. The molecule has 1 unspecified atom stereocenters. The summed E-state index contributed by atoms with van der Waals surface area (Å²) in [7, 11) is 0. The fourth-order valence-corrected chi connectivity index (χ4v) is 3.36. The Labute approximate surface area is 122 Å². The number of carbonyl (C=O) groups excluding carboxylic acids is 2. The lowest BCUT2D eigenvalue weighted by Crippen LogP contribution is -2.43. The van der Waals surface area contributed by atoms with E-state index in [1.54, 1.807) is 18.2 Å². The van der Waals surface area contributed by atoms with Crippen molar-refractivity contribution in [3.63, 3.8) is 0 Å². The summed E-state index contributed by atoms with van der Waals surface area (Å²) < 4.78 is 0. The first-order chi connectivity index (χ1) is 10.1. The minimum atomic E-state index is -0.943. The molecular formula is C16H17NO4. The van der Waals surface area contributed by atoms with E-state index in [2.05, 4.69) is 0 Å². The molecule has 110 valence electrons. The zero-order valence-electron chi connectivity index (χ0n) is 11.6. The van der Waals surface area contributed by atoms with Gasteiger partial charge in [-0.3, -0.25) is 9.59 Å². The minimum absolute atomic E-state index is 0.0610. The molecule has 1 saturated heterocycles. The van der Waals surface area contributed by atoms with Crippen molar-refractivity contribution in [3.05, 3.63) is 35.4 Å². The van der Waals surface area contributed by atoms with Crippen molar-refractivity contribution in [2.75, 3.05) is 6.54 Å². The zero-order valence-corrected chi connectivity index (χ0v) is 11.6. The number of rotatable bonds is 2. The van der Waals surface area contributed by atoms with Crippen molar-refractivity contribution in [2.24, 2.45) is 0 Å². The second-order valence-corrected chi connectivity index (χ2v) is 5.63. The average molecular weight is 287 g/mol. The van der Waals surface area contributed by atoms with Crippen LogP contribution in [0.15, 0.2) is 24.3 Å². The van der Waals surface area contributed by atoms with Crippen LogP contribution in [0.2, 0.25) is 0 Å². The van der Waals surface area contributed by atoms with Gasteiger partial charge in [-0.25, -0.2) is 4.79 Å². The third kappa shape index (κ3) is 2.33. The molecule has 1 aliphatic heterocycles. The van der Waals surface area contributed by atoms with Gasteiger partial charge < -0.3 is 10.0 Å². The van der Waals surface area contributed by atoms with E-state index in [4.69, 9.17) is 0 Å². The first-order valence-corrected chi connectivity index (χ1v) is 7.25.